The summed E-state index contributed by atoms with van der Waals surface area (Å²) in [5.74, 6) is -0.229. The molecule has 0 unspecified atom stereocenters. The van der Waals surface area contributed by atoms with Gasteiger partial charge in [0.2, 0.25) is 0 Å². The number of benzene rings is 2. The molecule has 1 amide bonds. The van der Waals surface area contributed by atoms with E-state index < -0.39 is 6.10 Å². The largest absolute Gasteiger partial charge is 0.481 e. The molecule has 5 heteroatoms. The first-order valence-electron chi connectivity index (χ1n) is 7.96. The van der Waals surface area contributed by atoms with Crippen LogP contribution in [0.2, 0.25) is 0 Å². The van der Waals surface area contributed by atoms with Gasteiger partial charge in [-0.2, -0.15) is 5.10 Å². The number of hydrogen-bond donors (Lipinski definition) is 1. The number of amides is 1. The average molecular weight is 326 g/mol. The van der Waals surface area contributed by atoms with E-state index in [1.54, 1.807) is 6.92 Å². The Labute approximate surface area is 140 Å². The molecule has 124 valence electrons. The van der Waals surface area contributed by atoms with Crippen LogP contribution in [0.1, 0.15) is 24.5 Å². The molecule has 1 aliphatic rings. The van der Waals surface area contributed by atoms with Crippen molar-refractivity contribution in [3.8, 4) is 5.75 Å². The molecule has 1 atom stereocenters. The van der Waals surface area contributed by atoms with Gasteiger partial charge in [0, 0.05) is 12.1 Å². The van der Waals surface area contributed by atoms with Crippen molar-refractivity contribution in [2.75, 3.05) is 0 Å². The number of carbonyl (C=O) groups excluding carboxylic acids is 1. The molecule has 0 radical (unpaired) electrons. The number of halogens is 1. The smallest absolute Gasteiger partial charge is 0.280 e. The van der Waals surface area contributed by atoms with Crippen LogP contribution >= 0.6 is 0 Å². The molecule has 3 rings (SSSR count). The third-order valence-electron chi connectivity index (χ3n) is 4.02. The van der Waals surface area contributed by atoms with Crippen LogP contribution in [0, 0.1) is 5.82 Å². The Balaban J connectivity index is 1.56. The van der Waals surface area contributed by atoms with Gasteiger partial charge in [0.15, 0.2) is 6.10 Å². The van der Waals surface area contributed by atoms with Gasteiger partial charge in [-0.15, -0.1) is 0 Å². The minimum atomic E-state index is -0.712. The molecule has 2 aromatic carbocycles. The second-order valence-corrected chi connectivity index (χ2v) is 5.81. The summed E-state index contributed by atoms with van der Waals surface area (Å²) in [6, 6.07) is 13.8. The van der Waals surface area contributed by atoms with E-state index in [0.29, 0.717) is 5.75 Å². The number of ether oxygens (including phenoxy) is 1. The highest BCUT2D eigenvalue weighted by atomic mass is 19.1. The van der Waals surface area contributed by atoms with Crippen molar-refractivity contribution in [3.63, 3.8) is 0 Å². The first kappa shape index (κ1) is 16.2. The molecule has 2 aromatic rings. The van der Waals surface area contributed by atoms with E-state index in [4.69, 9.17) is 4.74 Å². The minimum Gasteiger partial charge on any atom is -0.481 e. The number of nitrogens with one attached hydrogen (secondary N) is 1. The van der Waals surface area contributed by atoms with Crippen LogP contribution < -0.4 is 10.2 Å². The molecule has 0 aliphatic heterocycles. The zero-order chi connectivity index (χ0) is 16.9. The topological polar surface area (TPSA) is 50.7 Å². The molecule has 1 aliphatic carbocycles. The maximum absolute atomic E-state index is 12.9. The summed E-state index contributed by atoms with van der Waals surface area (Å²) in [6.07, 6.45) is 1.82. The highest BCUT2D eigenvalue weighted by Crippen LogP contribution is 2.19. The second-order valence-electron chi connectivity index (χ2n) is 5.81. The third kappa shape index (κ3) is 3.98. The second kappa shape index (κ2) is 7.25. The molecule has 0 aromatic heterocycles. The Hall–Kier alpha value is -2.69. The van der Waals surface area contributed by atoms with Crippen molar-refractivity contribution in [2.45, 2.75) is 32.3 Å². The highest BCUT2D eigenvalue weighted by molar-refractivity contribution is 5.90. The van der Waals surface area contributed by atoms with Gasteiger partial charge in [-0.3, -0.25) is 4.79 Å². The fourth-order valence-electron chi connectivity index (χ4n) is 2.65. The fourth-order valence-corrected chi connectivity index (χ4v) is 2.65. The summed E-state index contributed by atoms with van der Waals surface area (Å²) in [5, 5.41) is 4.24. The van der Waals surface area contributed by atoms with Crippen molar-refractivity contribution < 1.29 is 13.9 Å². The highest BCUT2D eigenvalue weighted by Gasteiger charge is 2.17. The Kier molecular flexibility index (Phi) is 4.89. The van der Waals surface area contributed by atoms with E-state index in [-0.39, 0.29) is 11.7 Å². The van der Waals surface area contributed by atoms with E-state index in [1.165, 1.54) is 35.4 Å². The van der Waals surface area contributed by atoms with Gasteiger partial charge in [0.1, 0.15) is 11.6 Å². The lowest BCUT2D eigenvalue weighted by atomic mass is 9.90. The fraction of sp³-hybridized carbons (Fsp3) is 0.263. The summed E-state index contributed by atoms with van der Waals surface area (Å²) in [4.78, 5) is 12.1. The van der Waals surface area contributed by atoms with Crippen LogP contribution in [0.4, 0.5) is 4.39 Å². The number of hydrogen-bond acceptors (Lipinski definition) is 3. The van der Waals surface area contributed by atoms with Crippen LogP contribution in [0.5, 0.6) is 5.75 Å². The first-order chi connectivity index (χ1) is 11.6. The van der Waals surface area contributed by atoms with Gasteiger partial charge in [0.25, 0.3) is 5.91 Å². The lowest BCUT2D eigenvalue weighted by molar-refractivity contribution is -0.127. The lowest BCUT2D eigenvalue weighted by Gasteiger charge is -2.18. The average Bonchev–Trinajstić information content (AvgIpc) is 2.61. The van der Waals surface area contributed by atoms with Crippen molar-refractivity contribution in [3.05, 3.63) is 65.5 Å². The number of fused-ring (bicyclic) bond motifs is 1. The zero-order valence-electron chi connectivity index (χ0n) is 13.5. The molecule has 0 fully saturated rings. The van der Waals surface area contributed by atoms with Gasteiger partial charge in [-0.25, -0.2) is 9.82 Å². The number of hydrazone groups is 1. The van der Waals surface area contributed by atoms with Crippen LogP contribution in [-0.4, -0.2) is 17.7 Å². The van der Waals surface area contributed by atoms with Crippen LogP contribution in [0.25, 0.3) is 0 Å². The summed E-state index contributed by atoms with van der Waals surface area (Å²) in [7, 11) is 0. The Morgan fingerprint density at radius 1 is 1.12 bits per heavy atom. The quantitative estimate of drug-likeness (QED) is 0.877. The van der Waals surface area contributed by atoms with Gasteiger partial charge in [-0.1, -0.05) is 24.3 Å². The predicted octanol–water partition coefficient (Wildman–Crippen LogP) is 3.25. The molecule has 4 nitrogen and oxygen atoms in total. The number of nitrogens with zero attached hydrogens (tertiary/aromatic N) is 1. The Morgan fingerprint density at radius 3 is 2.58 bits per heavy atom. The number of carbonyl (C=O) groups is 1. The molecule has 0 bridgehead atoms. The van der Waals surface area contributed by atoms with Crippen molar-refractivity contribution in [2.24, 2.45) is 5.10 Å². The first-order valence-corrected chi connectivity index (χ1v) is 7.96. The third-order valence-corrected chi connectivity index (χ3v) is 4.02. The van der Waals surface area contributed by atoms with E-state index in [2.05, 4.69) is 22.7 Å². The van der Waals surface area contributed by atoms with Gasteiger partial charge in [-0.05, 0) is 55.2 Å². The molecule has 0 saturated carbocycles. The lowest BCUT2D eigenvalue weighted by Crippen LogP contribution is -2.34. The predicted molar refractivity (Wildman–Crippen MR) is 90.5 cm³/mol. The zero-order valence-corrected chi connectivity index (χ0v) is 13.5. The molecule has 0 heterocycles. The molecule has 24 heavy (non-hydrogen) atoms. The Morgan fingerprint density at radius 2 is 1.83 bits per heavy atom. The molecular weight excluding hydrogens is 307 g/mol. The van der Waals surface area contributed by atoms with Gasteiger partial charge in [0.05, 0.1) is 0 Å². The summed E-state index contributed by atoms with van der Waals surface area (Å²) in [5.41, 5.74) is 6.12. The van der Waals surface area contributed by atoms with Gasteiger partial charge >= 0.3 is 0 Å². The van der Waals surface area contributed by atoms with Crippen LogP contribution in [0.3, 0.4) is 0 Å². The monoisotopic (exact) mass is 326 g/mol. The SMILES string of the molecule is C[C@H](Oc1ccc(F)cc1)C(=O)N/N=C1\CCc2ccccc2C1. The maximum atomic E-state index is 12.9. The standard InChI is InChI=1S/C19H19FN2O2/c1-13(24-18-10-7-16(20)8-11-18)19(23)22-21-17-9-6-14-4-2-3-5-15(14)12-17/h2-5,7-8,10-11,13H,6,9,12H2,1H3,(H,22,23)/b21-17+/t13-/m0/s1. The van der Waals surface area contributed by atoms with E-state index in [1.807, 2.05) is 12.1 Å². The van der Waals surface area contributed by atoms with E-state index >= 15 is 0 Å². The van der Waals surface area contributed by atoms with E-state index in [0.717, 1.165) is 25.0 Å². The molecule has 0 spiro atoms. The van der Waals surface area contributed by atoms with Crippen molar-refractivity contribution in [1.82, 2.24) is 5.43 Å². The summed E-state index contributed by atoms with van der Waals surface area (Å²) < 4.78 is 18.3. The van der Waals surface area contributed by atoms with Gasteiger partial charge < -0.3 is 4.74 Å². The van der Waals surface area contributed by atoms with Crippen LogP contribution in [-0.2, 0) is 17.6 Å². The summed E-state index contributed by atoms with van der Waals surface area (Å²) in [6.45, 7) is 1.63. The molecule has 0 saturated heterocycles. The Bertz CT molecular complexity index is 756. The molecular formula is C19H19FN2O2. The normalized spacial score (nSPS) is 16.3. The maximum Gasteiger partial charge on any atom is 0.280 e. The van der Waals surface area contributed by atoms with Crippen molar-refractivity contribution >= 4 is 11.6 Å². The van der Waals surface area contributed by atoms with Crippen molar-refractivity contribution in [1.29, 1.82) is 0 Å². The minimum absolute atomic E-state index is 0.328. The van der Waals surface area contributed by atoms with Crippen LogP contribution in [0.15, 0.2) is 53.6 Å². The van der Waals surface area contributed by atoms with E-state index in [9.17, 15) is 9.18 Å². The number of aryl methyl sites for hydroxylation is 1. The molecule has 1 N–H and O–H groups in total. The summed E-state index contributed by atoms with van der Waals surface area (Å²) >= 11 is 0. The number of rotatable bonds is 4.